The predicted molar refractivity (Wildman–Crippen MR) is 42.9 cm³/mol. The van der Waals surface area contributed by atoms with Gasteiger partial charge in [0.2, 0.25) is 10.0 Å². The van der Waals surface area contributed by atoms with Crippen LogP contribution in [0, 0.1) is 0 Å². The molecule has 0 radical (unpaired) electrons. The van der Waals surface area contributed by atoms with Crippen molar-refractivity contribution in [2.75, 3.05) is 0 Å². The number of primary sulfonamides is 1. The Labute approximate surface area is 69.3 Å². The lowest BCUT2D eigenvalue weighted by atomic mass is 10.7. The summed E-state index contributed by atoms with van der Waals surface area (Å²) < 4.78 is 21.2. The summed E-state index contributed by atoms with van der Waals surface area (Å²) in [6.07, 6.45) is 0. The number of hydrogen-bond acceptors (Lipinski definition) is 3. The molecule has 3 nitrogen and oxygen atoms in total. The topological polar surface area (TPSA) is 60.2 Å². The van der Waals surface area contributed by atoms with Crippen molar-refractivity contribution >= 4 is 33.8 Å². The van der Waals surface area contributed by atoms with Gasteiger partial charge >= 0.3 is 0 Å². The van der Waals surface area contributed by atoms with Crippen LogP contribution in [-0.4, -0.2) is 8.42 Å². The molecule has 2 N–H and O–H groups in total. The summed E-state index contributed by atoms with van der Waals surface area (Å²) in [4.78, 5) is 0. The van der Waals surface area contributed by atoms with Crippen molar-refractivity contribution in [2.45, 2.75) is 4.21 Å². The van der Waals surface area contributed by atoms with Crippen molar-refractivity contribution in [1.29, 1.82) is 0 Å². The molecule has 0 unspecified atom stereocenters. The Bertz CT molecular complexity index is 278. The van der Waals surface area contributed by atoms with Crippen LogP contribution in [0.1, 0.15) is 0 Å². The zero-order valence-corrected chi connectivity index (χ0v) is 7.30. The summed E-state index contributed by atoms with van der Waals surface area (Å²) in [5.74, 6) is 0. The first-order valence-corrected chi connectivity index (χ1v) is 4.59. The van der Waals surface area contributed by atoms with Gasteiger partial charge in [-0.15, -0.1) is 23.7 Å². The lowest BCUT2D eigenvalue weighted by Crippen LogP contribution is -2.09. The highest BCUT2D eigenvalue weighted by Crippen LogP contribution is 2.12. The summed E-state index contributed by atoms with van der Waals surface area (Å²) in [5, 5.41) is 6.45. The number of sulfonamides is 1. The summed E-state index contributed by atoms with van der Waals surface area (Å²) in [6, 6.07) is 3.12. The predicted octanol–water partition coefficient (Wildman–Crippen LogP) is 0.817. The molecule has 0 saturated heterocycles. The normalized spacial score (nSPS) is 10.5. The van der Waals surface area contributed by atoms with Gasteiger partial charge in [-0.1, -0.05) is 6.07 Å². The average molecular weight is 200 g/mol. The minimum absolute atomic E-state index is 0. The molecule has 58 valence electrons. The third-order valence-electron chi connectivity index (χ3n) is 0.775. The zero-order chi connectivity index (χ0) is 6.91. The zero-order valence-electron chi connectivity index (χ0n) is 4.85. The van der Waals surface area contributed by atoms with E-state index in [1.165, 1.54) is 6.07 Å². The Hall–Kier alpha value is -0.100. The highest BCUT2D eigenvalue weighted by atomic mass is 35.5. The van der Waals surface area contributed by atoms with E-state index in [9.17, 15) is 8.42 Å². The molecule has 1 aromatic heterocycles. The van der Waals surface area contributed by atoms with Gasteiger partial charge in [-0.2, -0.15) is 0 Å². The van der Waals surface area contributed by atoms with Crippen molar-refractivity contribution in [3.05, 3.63) is 17.5 Å². The van der Waals surface area contributed by atoms with E-state index in [0.29, 0.717) is 0 Å². The average Bonchev–Trinajstić information content (AvgIpc) is 2.08. The van der Waals surface area contributed by atoms with Crippen LogP contribution in [0.5, 0.6) is 0 Å². The molecular formula is C4H6ClNO2S2. The maximum atomic E-state index is 10.5. The number of rotatable bonds is 1. The highest BCUT2D eigenvalue weighted by molar-refractivity contribution is 7.91. The van der Waals surface area contributed by atoms with Crippen molar-refractivity contribution < 1.29 is 8.42 Å². The smallest absolute Gasteiger partial charge is 0.224 e. The molecule has 1 heterocycles. The molecule has 0 amide bonds. The monoisotopic (exact) mass is 199 g/mol. The number of nitrogens with two attached hydrogens (primary N) is 1. The molecule has 1 aromatic rings. The molecule has 0 aliphatic carbocycles. The molecule has 0 aliphatic heterocycles. The van der Waals surface area contributed by atoms with Crippen molar-refractivity contribution in [3.63, 3.8) is 0 Å². The van der Waals surface area contributed by atoms with Gasteiger partial charge in [-0.05, 0) is 11.4 Å². The second kappa shape index (κ2) is 3.34. The van der Waals surface area contributed by atoms with E-state index in [-0.39, 0.29) is 16.6 Å². The fourth-order valence-electron chi connectivity index (χ4n) is 0.425. The summed E-state index contributed by atoms with van der Waals surface area (Å²) in [5.41, 5.74) is 0. The Morgan fingerprint density at radius 3 is 2.30 bits per heavy atom. The van der Waals surface area contributed by atoms with Gasteiger partial charge in [0.15, 0.2) is 0 Å². The van der Waals surface area contributed by atoms with Gasteiger partial charge in [-0.3, -0.25) is 0 Å². The van der Waals surface area contributed by atoms with Gasteiger partial charge in [-0.25, -0.2) is 13.6 Å². The van der Waals surface area contributed by atoms with Crippen LogP contribution in [0.15, 0.2) is 21.7 Å². The van der Waals surface area contributed by atoms with Crippen LogP contribution in [0.2, 0.25) is 0 Å². The molecule has 0 aromatic carbocycles. The Kier molecular flexibility index (Phi) is 3.30. The molecule has 0 saturated carbocycles. The molecule has 10 heavy (non-hydrogen) atoms. The van der Waals surface area contributed by atoms with E-state index in [2.05, 4.69) is 0 Å². The molecule has 6 heteroatoms. The van der Waals surface area contributed by atoms with Crippen molar-refractivity contribution in [2.24, 2.45) is 5.14 Å². The second-order valence-corrected chi connectivity index (χ2v) is 4.21. The van der Waals surface area contributed by atoms with E-state index in [0.717, 1.165) is 11.3 Å². The maximum absolute atomic E-state index is 10.5. The van der Waals surface area contributed by atoms with Crippen molar-refractivity contribution in [3.8, 4) is 0 Å². The number of thiophene rings is 1. The standard InChI is InChI=1S/C4H5NO2S2.ClH/c5-9(6,7)4-2-1-3-8-4;/h1-3H,(H2,5,6,7);1H. The van der Waals surface area contributed by atoms with Gasteiger partial charge in [0, 0.05) is 0 Å². The molecule has 1 rings (SSSR count). The SMILES string of the molecule is Cl.NS(=O)(=O)c1cccs1. The molecule has 0 aliphatic rings. The first-order valence-electron chi connectivity index (χ1n) is 2.17. The first kappa shape index (κ1) is 9.90. The minimum Gasteiger partial charge on any atom is -0.224 e. The molecular weight excluding hydrogens is 194 g/mol. The summed E-state index contributed by atoms with van der Waals surface area (Å²) >= 11 is 1.12. The first-order chi connectivity index (χ1) is 4.11. The third kappa shape index (κ3) is 2.26. The Morgan fingerprint density at radius 1 is 1.50 bits per heavy atom. The number of hydrogen-bond donors (Lipinski definition) is 1. The maximum Gasteiger partial charge on any atom is 0.247 e. The van der Waals surface area contributed by atoms with Crippen LogP contribution >= 0.6 is 23.7 Å². The van der Waals surface area contributed by atoms with Gasteiger partial charge in [0.05, 0.1) is 0 Å². The minimum atomic E-state index is -3.44. The largest absolute Gasteiger partial charge is 0.247 e. The highest BCUT2D eigenvalue weighted by Gasteiger charge is 2.05. The lowest BCUT2D eigenvalue weighted by Gasteiger charge is -1.86. The molecule has 0 bridgehead atoms. The Balaban J connectivity index is 0.000000810. The summed E-state index contributed by atoms with van der Waals surface area (Å²) in [6.45, 7) is 0. The lowest BCUT2D eigenvalue weighted by molar-refractivity contribution is 0.600. The van der Waals surface area contributed by atoms with Crippen LogP contribution in [0.25, 0.3) is 0 Å². The number of halogens is 1. The Morgan fingerprint density at radius 2 is 2.10 bits per heavy atom. The van der Waals surface area contributed by atoms with Gasteiger partial charge in [0.25, 0.3) is 0 Å². The molecule has 0 atom stereocenters. The summed E-state index contributed by atoms with van der Waals surface area (Å²) in [7, 11) is -3.44. The van der Waals surface area contributed by atoms with E-state index in [1.807, 2.05) is 0 Å². The second-order valence-electron chi connectivity index (χ2n) is 1.48. The van der Waals surface area contributed by atoms with Crippen LogP contribution in [0.3, 0.4) is 0 Å². The van der Waals surface area contributed by atoms with E-state index >= 15 is 0 Å². The van der Waals surface area contributed by atoms with Crippen LogP contribution in [0.4, 0.5) is 0 Å². The molecule has 0 spiro atoms. The third-order valence-corrected chi connectivity index (χ3v) is 3.12. The fraction of sp³-hybridized carbons (Fsp3) is 0. The van der Waals surface area contributed by atoms with E-state index < -0.39 is 10.0 Å². The van der Waals surface area contributed by atoms with E-state index in [4.69, 9.17) is 5.14 Å². The fourth-order valence-corrected chi connectivity index (χ4v) is 1.85. The quantitative estimate of drug-likeness (QED) is 0.728. The molecule has 0 fully saturated rings. The van der Waals surface area contributed by atoms with Crippen molar-refractivity contribution in [1.82, 2.24) is 0 Å². The van der Waals surface area contributed by atoms with Crippen LogP contribution in [-0.2, 0) is 10.0 Å². The van der Waals surface area contributed by atoms with Gasteiger partial charge in [0.1, 0.15) is 4.21 Å². The van der Waals surface area contributed by atoms with Crippen LogP contribution < -0.4 is 5.14 Å². The van der Waals surface area contributed by atoms with Gasteiger partial charge < -0.3 is 0 Å². The van der Waals surface area contributed by atoms with E-state index in [1.54, 1.807) is 11.4 Å².